The quantitative estimate of drug-likeness (QED) is 0.804. The van der Waals surface area contributed by atoms with Crippen LogP contribution in [0.5, 0.6) is 0 Å². The minimum atomic E-state index is 0.743. The first-order valence-corrected chi connectivity index (χ1v) is 4.53. The van der Waals surface area contributed by atoms with Crippen LogP contribution in [0.2, 0.25) is 0 Å². The van der Waals surface area contributed by atoms with E-state index in [4.69, 9.17) is 4.52 Å². The topological polar surface area (TPSA) is 38.1 Å². The third-order valence-corrected chi connectivity index (χ3v) is 2.00. The predicted octanol–water partition coefficient (Wildman–Crippen LogP) is 2.60. The van der Waals surface area contributed by atoms with E-state index >= 15 is 0 Å². The standard InChI is InChI=1S/C11H12N2O/c1-9-3-2-4-11(5-9)12-6-10-7-13-14-8-10/h2-5,7-8,12H,6H2,1H3. The molecular formula is C11H12N2O. The second kappa shape index (κ2) is 3.96. The zero-order valence-electron chi connectivity index (χ0n) is 8.03. The number of hydrogen-bond acceptors (Lipinski definition) is 3. The van der Waals surface area contributed by atoms with Gasteiger partial charge in [-0.25, -0.2) is 0 Å². The van der Waals surface area contributed by atoms with Crippen molar-refractivity contribution in [2.75, 3.05) is 5.32 Å². The molecule has 0 aliphatic heterocycles. The fraction of sp³-hybridized carbons (Fsp3) is 0.182. The van der Waals surface area contributed by atoms with E-state index in [9.17, 15) is 0 Å². The Bertz CT molecular complexity index is 395. The van der Waals surface area contributed by atoms with Crippen LogP contribution in [0.15, 0.2) is 41.2 Å². The molecule has 14 heavy (non-hydrogen) atoms. The summed E-state index contributed by atoms with van der Waals surface area (Å²) in [7, 11) is 0. The smallest absolute Gasteiger partial charge is 0.128 e. The van der Waals surface area contributed by atoms with Crippen LogP contribution in [0.4, 0.5) is 5.69 Å². The lowest BCUT2D eigenvalue weighted by molar-refractivity contribution is 0.419. The van der Waals surface area contributed by atoms with Crippen LogP contribution in [0, 0.1) is 6.92 Å². The highest BCUT2D eigenvalue weighted by atomic mass is 16.5. The molecule has 2 rings (SSSR count). The van der Waals surface area contributed by atoms with Gasteiger partial charge in [-0.2, -0.15) is 0 Å². The highest BCUT2D eigenvalue weighted by Crippen LogP contribution is 2.10. The van der Waals surface area contributed by atoms with Crippen molar-refractivity contribution >= 4 is 5.69 Å². The van der Waals surface area contributed by atoms with Crippen molar-refractivity contribution in [2.45, 2.75) is 13.5 Å². The monoisotopic (exact) mass is 188 g/mol. The van der Waals surface area contributed by atoms with Gasteiger partial charge in [0.2, 0.25) is 0 Å². The van der Waals surface area contributed by atoms with Gasteiger partial charge in [0.15, 0.2) is 0 Å². The van der Waals surface area contributed by atoms with Gasteiger partial charge in [-0.05, 0) is 24.6 Å². The third kappa shape index (κ3) is 2.13. The SMILES string of the molecule is Cc1cccc(NCc2cnoc2)c1. The number of aromatic nitrogens is 1. The Kier molecular flexibility index (Phi) is 2.49. The summed E-state index contributed by atoms with van der Waals surface area (Å²) in [6, 6.07) is 8.25. The molecule has 3 heteroatoms. The van der Waals surface area contributed by atoms with Gasteiger partial charge in [0, 0.05) is 17.8 Å². The van der Waals surface area contributed by atoms with Crippen molar-refractivity contribution in [1.29, 1.82) is 0 Å². The van der Waals surface area contributed by atoms with Crippen molar-refractivity contribution in [1.82, 2.24) is 5.16 Å². The van der Waals surface area contributed by atoms with Gasteiger partial charge in [-0.3, -0.25) is 0 Å². The highest BCUT2D eigenvalue weighted by molar-refractivity contribution is 5.45. The molecular weight excluding hydrogens is 176 g/mol. The van der Waals surface area contributed by atoms with Crippen LogP contribution in [-0.4, -0.2) is 5.16 Å². The summed E-state index contributed by atoms with van der Waals surface area (Å²) in [5.74, 6) is 0. The summed E-state index contributed by atoms with van der Waals surface area (Å²) in [4.78, 5) is 0. The number of nitrogens with one attached hydrogen (secondary N) is 1. The maximum atomic E-state index is 4.74. The van der Waals surface area contributed by atoms with Gasteiger partial charge in [0.05, 0.1) is 6.20 Å². The first-order valence-electron chi connectivity index (χ1n) is 4.53. The van der Waals surface area contributed by atoms with Crippen molar-refractivity contribution < 1.29 is 4.52 Å². The third-order valence-electron chi connectivity index (χ3n) is 2.00. The minimum absolute atomic E-state index is 0.743. The van der Waals surface area contributed by atoms with Gasteiger partial charge >= 0.3 is 0 Å². The molecule has 0 amide bonds. The lowest BCUT2D eigenvalue weighted by atomic mass is 10.2. The van der Waals surface area contributed by atoms with Gasteiger partial charge in [-0.15, -0.1) is 0 Å². The van der Waals surface area contributed by atoms with E-state index in [1.807, 2.05) is 12.1 Å². The molecule has 72 valence electrons. The number of benzene rings is 1. The van der Waals surface area contributed by atoms with Crippen LogP contribution in [0.1, 0.15) is 11.1 Å². The summed E-state index contributed by atoms with van der Waals surface area (Å²) >= 11 is 0. The average Bonchev–Trinajstić information content (AvgIpc) is 2.67. The Morgan fingerprint density at radius 3 is 3.07 bits per heavy atom. The Morgan fingerprint density at radius 1 is 1.43 bits per heavy atom. The number of anilines is 1. The molecule has 0 bridgehead atoms. The van der Waals surface area contributed by atoms with E-state index in [-0.39, 0.29) is 0 Å². The molecule has 1 N–H and O–H groups in total. The van der Waals surface area contributed by atoms with E-state index in [2.05, 4.69) is 29.5 Å². The van der Waals surface area contributed by atoms with Gasteiger partial charge < -0.3 is 9.84 Å². The van der Waals surface area contributed by atoms with Gasteiger partial charge in [0.1, 0.15) is 6.26 Å². The van der Waals surface area contributed by atoms with E-state index in [1.165, 1.54) is 5.56 Å². The van der Waals surface area contributed by atoms with Crippen LogP contribution in [0.25, 0.3) is 0 Å². The van der Waals surface area contributed by atoms with E-state index in [0.717, 1.165) is 17.8 Å². The van der Waals surface area contributed by atoms with Gasteiger partial charge in [-0.1, -0.05) is 17.3 Å². The second-order valence-corrected chi connectivity index (χ2v) is 3.26. The zero-order valence-corrected chi connectivity index (χ0v) is 8.03. The zero-order chi connectivity index (χ0) is 9.80. The van der Waals surface area contributed by atoms with Crippen LogP contribution >= 0.6 is 0 Å². The maximum absolute atomic E-state index is 4.74. The van der Waals surface area contributed by atoms with E-state index in [1.54, 1.807) is 12.5 Å². The van der Waals surface area contributed by atoms with E-state index < -0.39 is 0 Å². The summed E-state index contributed by atoms with van der Waals surface area (Å²) in [5.41, 5.74) is 3.41. The van der Waals surface area contributed by atoms with Crippen molar-refractivity contribution in [2.24, 2.45) is 0 Å². The molecule has 0 aliphatic carbocycles. The molecule has 0 saturated heterocycles. The Labute approximate surface area is 82.7 Å². The number of hydrogen-bond donors (Lipinski definition) is 1. The number of nitrogens with zero attached hydrogens (tertiary/aromatic N) is 1. The molecule has 3 nitrogen and oxygen atoms in total. The number of aryl methyl sites for hydroxylation is 1. The first kappa shape index (κ1) is 8.81. The molecule has 1 heterocycles. The first-order chi connectivity index (χ1) is 6.84. The molecule has 0 saturated carbocycles. The lowest BCUT2D eigenvalue weighted by Gasteiger charge is -2.04. The molecule has 0 aliphatic rings. The molecule has 2 aromatic rings. The second-order valence-electron chi connectivity index (χ2n) is 3.26. The highest BCUT2D eigenvalue weighted by Gasteiger charge is 1.95. The summed E-state index contributed by atoms with van der Waals surface area (Å²) in [6.07, 6.45) is 3.35. The normalized spacial score (nSPS) is 10.1. The maximum Gasteiger partial charge on any atom is 0.128 e. The summed E-state index contributed by atoms with van der Waals surface area (Å²) in [5, 5.41) is 6.92. The predicted molar refractivity (Wildman–Crippen MR) is 55.0 cm³/mol. The molecule has 0 fully saturated rings. The summed E-state index contributed by atoms with van der Waals surface area (Å²) in [6.45, 7) is 2.82. The fourth-order valence-corrected chi connectivity index (χ4v) is 1.27. The molecule has 0 atom stereocenters. The lowest BCUT2D eigenvalue weighted by Crippen LogP contribution is -1.97. The Morgan fingerprint density at radius 2 is 2.36 bits per heavy atom. The Hall–Kier alpha value is -1.77. The minimum Gasteiger partial charge on any atom is -0.381 e. The molecule has 0 spiro atoms. The van der Waals surface area contributed by atoms with Gasteiger partial charge in [0.25, 0.3) is 0 Å². The van der Waals surface area contributed by atoms with Crippen molar-refractivity contribution in [3.8, 4) is 0 Å². The molecule has 0 radical (unpaired) electrons. The van der Waals surface area contributed by atoms with Crippen LogP contribution < -0.4 is 5.32 Å². The van der Waals surface area contributed by atoms with Crippen LogP contribution in [0.3, 0.4) is 0 Å². The molecule has 1 aromatic carbocycles. The Balaban J connectivity index is 1.98. The van der Waals surface area contributed by atoms with Crippen molar-refractivity contribution in [3.05, 3.63) is 47.9 Å². The fourth-order valence-electron chi connectivity index (χ4n) is 1.27. The van der Waals surface area contributed by atoms with Crippen molar-refractivity contribution in [3.63, 3.8) is 0 Å². The molecule has 0 unspecified atom stereocenters. The average molecular weight is 188 g/mol. The largest absolute Gasteiger partial charge is 0.381 e. The molecule has 1 aromatic heterocycles. The van der Waals surface area contributed by atoms with E-state index in [0.29, 0.717) is 0 Å². The number of rotatable bonds is 3. The van der Waals surface area contributed by atoms with Crippen LogP contribution in [-0.2, 0) is 6.54 Å². The summed E-state index contributed by atoms with van der Waals surface area (Å²) < 4.78 is 4.74.